The molecule has 0 unspecified atom stereocenters. The van der Waals surface area contributed by atoms with Crippen LogP contribution in [0.15, 0.2) is 29.4 Å². The van der Waals surface area contributed by atoms with Crippen molar-refractivity contribution in [2.45, 2.75) is 25.7 Å². The first-order valence-electron chi connectivity index (χ1n) is 5.65. The van der Waals surface area contributed by atoms with Crippen LogP contribution in [0.25, 0.3) is 0 Å². The van der Waals surface area contributed by atoms with Gasteiger partial charge in [0.1, 0.15) is 0 Å². The highest BCUT2D eigenvalue weighted by Crippen LogP contribution is 2.39. The molecule has 0 spiro atoms. The van der Waals surface area contributed by atoms with E-state index in [1.165, 1.54) is 18.4 Å². The second-order valence-corrected chi connectivity index (χ2v) is 4.24. The van der Waals surface area contributed by atoms with Crippen LogP contribution in [0.1, 0.15) is 36.8 Å². The van der Waals surface area contributed by atoms with E-state index in [1.807, 2.05) is 12.1 Å². The number of rotatable bonds is 5. The highest BCUT2D eigenvalue weighted by molar-refractivity contribution is 5.98. The third-order valence-electron chi connectivity index (χ3n) is 2.77. The van der Waals surface area contributed by atoms with Crippen molar-refractivity contribution in [3.8, 4) is 0 Å². The SMILES string of the molecule is C/C(=N\OCC(=O)O)c1ccc(C2CC2)cc1. The van der Waals surface area contributed by atoms with Gasteiger partial charge in [0.25, 0.3) is 0 Å². The molecule has 1 N–H and O–H groups in total. The van der Waals surface area contributed by atoms with Gasteiger partial charge in [-0.05, 0) is 36.8 Å². The first kappa shape index (κ1) is 11.6. The first-order valence-corrected chi connectivity index (χ1v) is 5.65. The minimum absolute atomic E-state index is 0.405. The van der Waals surface area contributed by atoms with Crippen molar-refractivity contribution in [3.63, 3.8) is 0 Å². The largest absolute Gasteiger partial charge is 0.479 e. The van der Waals surface area contributed by atoms with Crippen LogP contribution < -0.4 is 0 Å². The molecule has 17 heavy (non-hydrogen) atoms. The number of carboxylic acid groups (broad SMARTS) is 1. The van der Waals surface area contributed by atoms with E-state index in [4.69, 9.17) is 5.11 Å². The van der Waals surface area contributed by atoms with Gasteiger partial charge in [0.15, 0.2) is 0 Å². The molecular formula is C13H15NO3. The predicted molar refractivity (Wildman–Crippen MR) is 64.2 cm³/mol. The van der Waals surface area contributed by atoms with Crippen molar-refractivity contribution < 1.29 is 14.7 Å². The summed E-state index contributed by atoms with van der Waals surface area (Å²) in [5, 5.41) is 12.2. The maximum atomic E-state index is 10.2. The van der Waals surface area contributed by atoms with Gasteiger partial charge >= 0.3 is 5.97 Å². The van der Waals surface area contributed by atoms with Gasteiger partial charge in [0, 0.05) is 0 Å². The molecule has 1 aliphatic carbocycles. The average Bonchev–Trinajstić information content (AvgIpc) is 3.12. The molecule has 1 aromatic rings. The maximum absolute atomic E-state index is 10.2. The van der Waals surface area contributed by atoms with Crippen LogP contribution >= 0.6 is 0 Å². The number of oxime groups is 1. The Morgan fingerprint density at radius 2 is 2.06 bits per heavy atom. The smallest absolute Gasteiger partial charge is 0.344 e. The number of hydrogen-bond donors (Lipinski definition) is 1. The third kappa shape index (κ3) is 3.31. The van der Waals surface area contributed by atoms with Gasteiger partial charge in [-0.25, -0.2) is 4.79 Å². The Balaban J connectivity index is 1.97. The number of benzene rings is 1. The van der Waals surface area contributed by atoms with Crippen molar-refractivity contribution >= 4 is 11.7 Å². The van der Waals surface area contributed by atoms with E-state index in [-0.39, 0.29) is 0 Å². The molecule has 2 rings (SSSR count). The third-order valence-corrected chi connectivity index (χ3v) is 2.77. The van der Waals surface area contributed by atoms with Gasteiger partial charge in [0.05, 0.1) is 5.71 Å². The van der Waals surface area contributed by atoms with E-state index in [0.29, 0.717) is 5.71 Å². The number of hydrogen-bond acceptors (Lipinski definition) is 3. The monoisotopic (exact) mass is 233 g/mol. The molecular weight excluding hydrogens is 218 g/mol. The van der Waals surface area contributed by atoms with E-state index in [2.05, 4.69) is 22.1 Å². The van der Waals surface area contributed by atoms with Gasteiger partial charge in [-0.1, -0.05) is 29.4 Å². The standard InChI is InChI=1S/C13H15NO3/c1-9(14-17-8-13(15)16)10-2-4-11(5-3-10)12-6-7-12/h2-5,12H,6-8H2,1H3,(H,15,16)/b14-9+. The zero-order valence-corrected chi connectivity index (χ0v) is 9.72. The topological polar surface area (TPSA) is 58.9 Å². The van der Waals surface area contributed by atoms with Gasteiger partial charge in [-0.2, -0.15) is 0 Å². The maximum Gasteiger partial charge on any atom is 0.344 e. The molecule has 0 saturated heterocycles. The molecule has 1 saturated carbocycles. The quantitative estimate of drug-likeness (QED) is 0.627. The second kappa shape index (κ2) is 4.99. The molecule has 0 radical (unpaired) electrons. The zero-order chi connectivity index (χ0) is 12.3. The summed E-state index contributed by atoms with van der Waals surface area (Å²) in [6.45, 7) is 1.39. The Kier molecular flexibility index (Phi) is 3.42. The van der Waals surface area contributed by atoms with Gasteiger partial charge in [-0.15, -0.1) is 0 Å². The lowest BCUT2D eigenvalue weighted by atomic mass is 10.1. The molecule has 0 bridgehead atoms. The number of aliphatic carboxylic acids is 1. The molecule has 0 heterocycles. The predicted octanol–water partition coefficient (Wildman–Crippen LogP) is 2.39. The Labute approximate surface area is 99.9 Å². The summed E-state index contributed by atoms with van der Waals surface area (Å²) in [7, 11) is 0. The summed E-state index contributed by atoms with van der Waals surface area (Å²) in [5.74, 6) is -0.282. The lowest BCUT2D eigenvalue weighted by Gasteiger charge is -2.02. The molecule has 1 fully saturated rings. The normalized spacial score (nSPS) is 15.7. The highest BCUT2D eigenvalue weighted by atomic mass is 16.6. The van der Waals surface area contributed by atoms with Crippen molar-refractivity contribution in [1.82, 2.24) is 0 Å². The first-order chi connectivity index (χ1) is 8.16. The molecule has 0 aliphatic heterocycles. The van der Waals surface area contributed by atoms with Crippen molar-refractivity contribution in [1.29, 1.82) is 0 Å². The molecule has 0 amide bonds. The fourth-order valence-corrected chi connectivity index (χ4v) is 1.65. The summed E-state index contributed by atoms with van der Waals surface area (Å²) >= 11 is 0. The summed E-state index contributed by atoms with van der Waals surface area (Å²) in [6, 6.07) is 8.19. The molecule has 90 valence electrons. The number of carboxylic acids is 1. The Hall–Kier alpha value is -1.84. The zero-order valence-electron chi connectivity index (χ0n) is 9.72. The van der Waals surface area contributed by atoms with Crippen LogP contribution in [0.3, 0.4) is 0 Å². The van der Waals surface area contributed by atoms with Crippen LogP contribution in [0, 0.1) is 0 Å². The van der Waals surface area contributed by atoms with Crippen LogP contribution in [0.4, 0.5) is 0 Å². The van der Waals surface area contributed by atoms with Crippen molar-refractivity contribution in [2.75, 3.05) is 6.61 Å². The van der Waals surface area contributed by atoms with Gasteiger partial charge < -0.3 is 9.94 Å². The van der Waals surface area contributed by atoms with Crippen LogP contribution in [0.5, 0.6) is 0 Å². The number of carbonyl (C=O) groups is 1. The van der Waals surface area contributed by atoms with E-state index in [9.17, 15) is 4.79 Å². The molecule has 0 atom stereocenters. The summed E-state index contributed by atoms with van der Waals surface area (Å²) in [6.07, 6.45) is 2.57. The van der Waals surface area contributed by atoms with E-state index >= 15 is 0 Å². The molecule has 4 nitrogen and oxygen atoms in total. The average molecular weight is 233 g/mol. The minimum atomic E-state index is -1.02. The summed E-state index contributed by atoms with van der Waals surface area (Å²) in [4.78, 5) is 14.9. The van der Waals surface area contributed by atoms with Gasteiger partial charge in [-0.3, -0.25) is 0 Å². The highest BCUT2D eigenvalue weighted by Gasteiger charge is 2.22. The van der Waals surface area contributed by atoms with Gasteiger partial charge in [0.2, 0.25) is 6.61 Å². The minimum Gasteiger partial charge on any atom is -0.479 e. The van der Waals surface area contributed by atoms with Crippen LogP contribution in [0.2, 0.25) is 0 Å². The van der Waals surface area contributed by atoms with Crippen molar-refractivity contribution in [2.24, 2.45) is 5.16 Å². The molecule has 4 heteroatoms. The summed E-state index contributed by atoms with van der Waals surface area (Å²) < 4.78 is 0. The summed E-state index contributed by atoms with van der Waals surface area (Å²) in [5.41, 5.74) is 3.02. The molecule has 1 aliphatic rings. The Bertz CT molecular complexity index is 432. The fourth-order valence-electron chi connectivity index (χ4n) is 1.65. The lowest BCUT2D eigenvalue weighted by molar-refractivity contribution is -0.142. The Morgan fingerprint density at radius 1 is 1.41 bits per heavy atom. The van der Waals surface area contributed by atoms with E-state index in [0.717, 1.165) is 11.5 Å². The molecule has 0 aromatic heterocycles. The second-order valence-electron chi connectivity index (χ2n) is 4.24. The fraction of sp³-hybridized carbons (Fsp3) is 0.385. The van der Waals surface area contributed by atoms with Crippen molar-refractivity contribution in [3.05, 3.63) is 35.4 Å². The van der Waals surface area contributed by atoms with Crippen LogP contribution in [-0.2, 0) is 9.63 Å². The van der Waals surface area contributed by atoms with E-state index in [1.54, 1.807) is 6.92 Å². The van der Waals surface area contributed by atoms with Crippen LogP contribution in [-0.4, -0.2) is 23.4 Å². The lowest BCUT2D eigenvalue weighted by Crippen LogP contribution is -2.05. The van der Waals surface area contributed by atoms with E-state index < -0.39 is 12.6 Å². The molecule has 1 aromatic carbocycles. The number of nitrogens with zero attached hydrogens (tertiary/aromatic N) is 1. The Morgan fingerprint density at radius 3 is 2.59 bits per heavy atom.